The highest BCUT2D eigenvalue weighted by atomic mass is 16.6. The summed E-state index contributed by atoms with van der Waals surface area (Å²) in [6.45, 7) is 7.69. The van der Waals surface area contributed by atoms with Crippen molar-refractivity contribution >= 4 is 17.7 Å². The van der Waals surface area contributed by atoms with Gasteiger partial charge in [0.25, 0.3) is 0 Å². The van der Waals surface area contributed by atoms with Crippen LogP contribution >= 0.6 is 0 Å². The third-order valence-electron chi connectivity index (χ3n) is 3.00. The molecule has 1 aromatic rings. The number of methoxy groups -OCH3 is 1. The quantitative estimate of drug-likeness (QED) is 0.787. The summed E-state index contributed by atoms with van der Waals surface area (Å²) in [5.41, 5.74) is 1.17. The molecule has 0 aliphatic rings. The van der Waals surface area contributed by atoms with Crippen molar-refractivity contribution in [1.29, 1.82) is 0 Å². The van der Waals surface area contributed by atoms with E-state index in [1.54, 1.807) is 0 Å². The van der Waals surface area contributed by atoms with Crippen LogP contribution in [0, 0.1) is 0 Å². The Balaban J connectivity index is 2.63. The van der Waals surface area contributed by atoms with Crippen molar-refractivity contribution in [2.45, 2.75) is 52.3 Å². The third-order valence-corrected chi connectivity index (χ3v) is 3.00. The van der Waals surface area contributed by atoms with Crippen LogP contribution in [0.5, 0.6) is 0 Å². The van der Waals surface area contributed by atoms with Gasteiger partial charge in [0.05, 0.1) is 7.11 Å². The van der Waals surface area contributed by atoms with Crippen molar-refractivity contribution in [2.75, 3.05) is 12.4 Å². The number of nitrogens with one attached hydrogen (secondary N) is 2. The minimum atomic E-state index is -0.525. The fraction of sp³-hybridized carbons (Fsp3) is 0.529. The van der Waals surface area contributed by atoms with Crippen LogP contribution in [0.25, 0.3) is 0 Å². The lowest BCUT2D eigenvalue weighted by molar-refractivity contribution is -0.141. The predicted octanol–water partition coefficient (Wildman–Crippen LogP) is 3.07. The number of amides is 1. The molecule has 23 heavy (non-hydrogen) atoms. The van der Waals surface area contributed by atoms with E-state index in [9.17, 15) is 9.59 Å². The smallest absolute Gasteiger partial charge is 0.407 e. The Bertz CT molecular complexity index is 538. The standard InChI is InChI=1S/C17H26N2O4/c1-6-14(15(20)22-5)19-13-9-7-8-12(10-13)11-18-16(21)23-17(2,3)4/h7-10,14,19H,6,11H2,1-5H3,(H,18,21). The van der Waals surface area contributed by atoms with Crippen LogP contribution in [0.1, 0.15) is 39.7 Å². The van der Waals surface area contributed by atoms with Crippen molar-refractivity contribution in [3.8, 4) is 0 Å². The molecule has 1 aromatic carbocycles. The molecule has 0 spiro atoms. The Morgan fingerprint density at radius 3 is 2.52 bits per heavy atom. The number of rotatable bonds is 6. The van der Waals surface area contributed by atoms with E-state index in [1.807, 2.05) is 52.0 Å². The molecule has 1 rings (SSSR count). The van der Waals surface area contributed by atoms with Crippen molar-refractivity contribution in [3.05, 3.63) is 29.8 Å². The molecule has 1 unspecified atom stereocenters. The number of alkyl carbamates (subject to hydrolysis) is 1. The number of hydrogen-bond donors (Lipinski definition) is 2. The summed E-state index contributed by atoms with van der Waals surface area (Å²) >= 11 is 0. The van der Waals surface area contributed by atoms with Crippen LogP contribution in [0.15, 0.2) is 24.3 Å². The van der Waals surface area contributed by atoms with Crippen molar-refractivity contribution < 1.29 is 19.1 Å². The van der Waals surface area contributed by atoms with E-state index in [-0.39, 0.29) is 5.97 Å². The highest BCUT2D eigenvalue weighted by Gasteiger charge is 2.17. The van der Waals surface area contributed by atoms with Crippen LogP contribution < -0.4 is 10.6 Å². The molecule has 1 atom stereocenters. The zero-order valence-corrected chi connectivity index (χ0v) is 14.4. The number of hydrogen-bond acceptors (Lipinski definition) is 5. The molecule has 0 saturated heterocycles. The summed E-state index contributed by atoms with van der Waals surface area (Å²) in [4.78, 5) is 23.3. The van der Waals surface area contributed by atoms with E-state index in [1.165, 1.54) is 7.11 Å². The molecule has 0 saturated carbocycles. The molecule has 1 amide bonds. The largest absolute Gasteiger partial charge is 0.467 e. The van der Waals surface area contributed by atoms with Crippen LogP contribution in [0.3, 0.4) is 0 Å². The molecule has 128 valence electrons. The average Bonchev–Trinajstić information content (AvgIpc) is 2.48. The first-order valence-electron chi connectivity index (χ1n) is 7.65. The molecule has 0 radical (unpaired) electrons. The number of ether oxygens (including phenoxy) is 2. The highest BCUT2D eigenvalue weighted by Crippen LogP contribution is 2.14. The summed E-state index contributed by atoms with van der Waals surface area (Å²) in [6.07, 6.45) is 0.157. The van der Waals surface area contributed by atoms with Crippen LogP contribution in [0.4, 0.5) is 10.5 Å². The maximum atomic E-state index is 11.7. The van der Waals surface area contributed by atoms with Gasteiger partial charge in [-0.25, -0.2) is 9.59 Å². The second-order valence-corrected chi connectivity index (χ2v) is 6.18. The molecule has 0 aliphatic heterocycles. The van der Waals surface area contributed by atoms with Crippen LogP contribution in [-0.4, -0.2) is 30.8 Å². The summed E-state index contributed by atoms with van der Waals surface area (Å²) in [6, 6.07) is 7.10. The minimum Gasteiger partial charge on any atom is -0.467 e. The second-order valence-electron chi connectivity index (χ2n) is 6.18. The molecule has 6 nitrogen and oxygen atoms in total. The lowest BCUT2D eigenvalue weighted by Gasteiger charge is -2.20. The lowest BCUT2D eigenvalue weighted by Crippen LogP contribution is -2.32. The van der Waals surface area contributed by atoms with Gasteiger partial charge in [0.2, 0.25) is 0 Å². The number of carbonyl (C=O) groups is 2. The molecule has 0 bridgehead atoms. The van der Waals surface area contributed by atoms with Gasteiger partial charge in [-0.1, -0.05) is 19.1 Å². The average molecular weight is 322 g/mol. The SMILES string of the molecule is CCC(Nc1cccc(CNC(=O)OC(C)(C)C)c1)C(=O)OC. The Labute approximate surface area is 137 Å². The monoisotopic (exact) mass is 322 g/mol. The molecule has 2 N–H and O–H groups in total. The maximum absolute atomic E-state index is 11.7. The van der Waals surface area contributed by atoms with E-state index >= 15 is 0 Å². The van der Waals surface area contributed by atoms with Crippen molar-refractivity contribution in [1.82, 2.24) is 5.32 Å². The first kappa shape index (κ1) is 18.8. The first-order valence-corrected chi connectivity index (χ1v) is 7.65. The van der Waals surface area contributed by atoms with E-state index in [0.29, 0.717) is 13.0 Å². The van der Waals surface area contributed by atoms with Gasteiger partial charge in [0, 0.05) is 12.2 Å². The summed E-state index contributed by atoms with van der Waals surface area (Å²) < 4.78 is 9.95. The number of carbonyl (C=O) groups excluding carboxylic acids is 2. The summed E-state index contributed by atoms with van der Waals surface area (Å²) in [5.74, 6) is -0.301. The van der Waals surface area contributed by atoms with Gasteiger partial charge < -0.3 is 20.1 Å². The number of anilines is 1. The van der Waals surface area contributed by atoms with Gasteiger partial charge >= 0.3 is 12.1 Å². The third kappa shape index (κ3) is 7.04. The fourth-order valence-electron chi connectivity index (χ4n) is 1.93. The van der Waals surface area contributed by atoms with Gasteiger partial charge in [-0.15, -0.1) is 0 Å². The van der Waals surface area contributed by atoms with E-state index in [4.69, 9.17) is 9.47 Å². The predicted molar refractivity (Wildman–Crippen MR) is 89.2 cm³/mol. The fourth-order valence-corrected chi connectivity index (χ4v) is 1.93. The Kier molecular flexibility index (Phi) is 6.88. The van der Waals surface area contributed by atoms with E-state index in [2.05, 4.69) is 10.6 Å². The summed E-state index contributed by atoms with van der Waals surface area (Å²) in [7, 11) is 1.37. The van der Waals surface area contributed by atoms with Gasteiger partial charge in [0.1, 0.15) is 11.6 Å². The topological polar surface area (TPSA) is 76.7 Å². The minimum absolute atomic E-state index is 0.301. The zero-order valence-electron chi connectivity index (χ0n) is 14.4. The highest BCUT2D eigenvalue weighted by molar-refractivity contribution is 5.79. The van der Waals surface area contributed by atoms with Crippen molar-refractivity contribution in [2.24, 2.45) is 0 Å². The normalized spacial score (nSPS) is 12.2. The lowest BCUT2D eigenvalue weighted by atomic mass is 10.1. The van der Waals surface area contributed by atoms with Crippen LogP contribution in [0.2, 0.25) is 0 Å². The maximum Gasteiger partial charge on any atom is 0.407 e. The first-order chi connectivity index (χ1) is 10.7. The Morgan fingerprint density at radius 2 is 1.96 bits per heavy atom. The van der Waals surface area contributed by atoms with Gasteiger partial charge in [-0.3, -0.25) is 0 Å². The van der Waals surface area contributed by atoms with E-state index < -0.39 is 17.7 Å². The molecule has 0 fully saturated rings. The molecule has 6 heteroatoms. The van der Waals surface area contributed by atoms with Crippen molar-refractivity contribution in [3.63, 3.8) is 0 Å². The molecule has 0 aliphatic carbocycles. The van der Waals surface area contributed by atoms with Gasteiger partial charge in [0.15, 0.2) is 0 Å². The molecule has 0 aromatic heterocycles. The Morgan fingerprint density at radius 1 is 1.26 bits per heavy atom. The zero-order chi connectivity index (χ0) is 17.5. The number of benzene rings is 1. The summed E-state index contributed by atoms with van der Waals surface area (Å²) in [5, 5.41) is 5.83. The molecule has 0 heterocycles. The molecular weight excluding hydrogens is 296 g/mol. The Hall–Kier alpha value is -2.24. The molecular formula is C17H26N2O4. The van der Waals surface area contributed by atoms with E-state index in [0.717, 1.165) is 11.3 Å². The van der Waals surface area contributed by atoms with Gasteiger partial charge in [-0.05, 0) is 44.9 Å². The second kappa shape index (κ2) is 8.41. The number of esters is 1. The van der Waals surface area contributed by atoms with Gasteiger partial charge in [-0.2, -0.15) is 0 Å². The van der Waals surface area contributed by atoms with Crippen LogP contribution in [-0.2, 0) is 20.8 Å².